The number of rotatable bonds is 1. The van der Waals surface area contributed by atoms with Gasteiger partial charge in [0.15, 0.2) is 0 Å². The van der Waals surface area contributed by atoms with Crippen molar-refractivity contribution in [3.8, 4) is 0 Å². The number of halogens is 1. The number of para-hydroxylation sites is 1. The molecule has 0 radical (unpaired) electrons. The van der Waals surface area contributed by atoms with Gasteiger partial charge in [0.05, 0.1) is 6.29 Å². The Labute approximate surface area is 134 Å². The molecule has 4 aromatic rings. The third kappa shape index (κ3) is 1.67. The molecule has 0 amide bonds. The van der Waals surface area contributed by atoms with Gasteiger partial charge in [-0.2, -0.15) is 0 Å². The highest BCUT2D eigenvalue weighted by Gasteiger charge is 2.25. The van der Waals surface area contributed by atoms with Crippen LogP contribution in [0.25, 0.3) is 32.7 Å². The van der Waals surface area contributed by atoms with Gasteiger partial charge in [0.1, 0.15) is 9.15 Å². The summed E-state index contributed by atoms with van der Waals surface area (Å²) in [6.45, 7) is 0. The van der Waals surface area contributed by atoms with Gasteiger partial charge < -0.3 is 4.42 Å². The van der Waals surface area contributed by atoms with Crippen LogP contribution in [0.4, 0.5) is 5.69 Å². The van der Waals surface area contributed by atoms with E-state index in [1.807, 2.05) is 46.9 Å². The van der Waals surface area contributed by atoms with E-state index in [1.165, 1.54) is 0 Å². The molecule has 0 aliphatic heterocycles. The van der Waals surface area contributed by atoms with E-state index in [4.69, 9.17) is 5.79 Å². The normalized spacial score (nSPS) is 12.1. The summed E-state index contributed by atoms with van der Waals surface area (Å²) in [6.07, 6.45) is 0. The molecule has 1 aromatic heterocycles. The van der Waals surface area contributed by atoms with Crippen molar-refractivity contribution >= 4 is 61.0 Å². The lowest BCUT2D eigenvalue weighted by Crippen LogP contribution is -1.93. The fraction of sp³-hybridized carbons (Fsp3) is 0. The molecule has 102 valence electrons. The minimum atomic E-state index is -0.402. The Morgan fingerprint density at radius 1 is 1.10 bits per heavy atom. The van der Waals surface area contributed by atoms with Crippen LogP contribution in [0.1, 0.15) is 1.37 Å². The van der Waals surface area contributed by atoms with E-state index in [2.05, 4.69) is 0 Å². The minimum Gasteiger partial charge on any atom is -0.449 e. The zero-order valence-electron chi connectivity index (χ0n) is 11.6. The highest BCUT2D eigenvalue weighted by Crippen LogP contribution is 2.43. The van der Waals surface area contributed by atoms with Crippen LogP contribution in [-0.4, -0.2) is 4.92 Å². The SMILES string of the molecule is [2H]c1ccc2oc3c([N+](=O)[O-])c(I)c4ccccc4c3c2c1. The summed E-state index contributed by atoms with van der Waals surface area (Å²) in [5.74, 6) is 0. The highest BCUT2D eigenvalue weighted by molar-refractivity contribution is 14.1. The van der Waals surface area contributed by atoms with Gasteiger partial charge in [-0.05, 0) is 34.0 Å². The number of hydrogen-bond acceptors (Lipinski definition) is 3. The van der Waals surface area contributed by atoms with Crippen LogP contribution < -0.4 is 0 Å². The first-order chi connectivity index (χ1) is 10.6. The Kier molecular flexibility index (Phi) is 2.42. The van der Waals surface area contributed by atoms with E-state index >= 15 is 0 Å². The van der Waals surface area contributed by atoms with E-state index in [0.29, 0.717) is 20.6 Å². The molecule has 4 rings (SSSR count). The number of nitro groups is 1. The molecule has 21 heavy (non-hydrogen) atoms. The van der Waals surface area contributed by atoms with Crippen molar-refractivity contribution < 1.29 is 10.7 Å². The molecule has 0 saturated carbocycles. The summed E-state index contributed by atoms with van der Waals surface area (Å²) in [5, 5.41) is 14.7. The summed E-state index contributed by atoms with van der Waals surface area (Å²) >= 11 is 1.99. The molecule has 0 aliphatic carbocycles. The van der Waals surface area contributed by atoms with Crippen molar-refractivity contribution in [2.45, 2.75) is 0 Å². The van der Waals surface area contributed by atoms with Gasteiger partial charge in [-0.3, -0.25) is 10.1 Å². The molecule has 0 N–H and O–H groups in total. The Bertz CT molecular complexity index is 1090. The number of fused-ring (bicyclic) bond motifs is 5. The maximum Gasteiger partial charge on any atom is 0.326 e. The second kappa shape index (κ2) is 4.42. The fourth-order valence-corrected chi connectivity index (χ4v) is 3.61. The lowest BCUT2D eigenvalue weighted by Gasteiger charge is -2.04. The van der Waals surface area contributed by atoms with Gasteiger partial charge in [-0.15, -0.1) is 0 Å². The number of nitrogens with zero attached hydrogens (tertiary/aromatic N) is 1. The summed E-state index contributed by atoms with van der Waals surface area (Å²) in [4.78, 5) is 11.1. The van der Waals surface area contributed by atoms with Crippen LogP contribution in [0.5, 0.6) is 0 Å². The fourth-order valence-electron chi connectivity index (χ4n) is 2.70. The molecule has 0 unspecified atom stereocenters. The van der Waals surface area contributed by atoms with Crippen LogP contribution in [0, 0.1) is 13.7 Å². The van der Waals surface area contributed by atoms with Crippen molar-refractivity contribution in [2.75, 3.05) is 0 Å². The molecule has 0 fully saturated rings. The molecule has 0 bridgehead atoms. The third-order valence-electron chi connectivity index (χ3n) is 3.57. The van der Waals surface area contributed by atoms with Crippen LogP contribution in [0.3, 0.4) is 0 Å². The molecule has 0 saturated heterocycles. The van der Waals surface area contributed by atoms with Gasteiger partial charge in [0.25, 0.3) is 0 Å². The maximum absolute atomic E-state index is 11.5. The van der Waals surface area contributed by atoms with Crippen LogP contribution in [-0.2, 0) is 0 Å². The van der Waals surface area contributed by atoms with Gasteiger partial charge in [-0.1, -0.05) is 42.4 Å². The first-order valence-corrected chi connectivity index (χ1v) is 7.33. The zero-order valence-corrected chi connectivity index (χ0v) is 12.7. The molecule has 5 heteroatoms. The summed E-state index contributed by atoms with van der Waals surface area (Å²) in [7, 11) is 0. The van der Waals surface area contributed by atoms with Crippen LogP contribution >= 0.6 is 22.6 Å². The third-order valence-corrected chi connectivity index (χ3v) is 4.66. The van der Waals surface area contributed by atoms with Gasteiger partial charge >= 0.3 is 5.69 Å². The molecule has 1 heterocycles. The summed E-state index contributed by atoms with van der Waals surface area (Å²) in [5.41, 5.74) is 0.812. The first-order valence-electron chi connectivity index (χ1n) is 6.75. The van der Waals surface area contributed by atoms with E-state index in [-0.39, 0.29) is 11.3 Å². The van der Waals surface area contributed by atoms with Crippen molar-refractivity contribution in [3.05, 3.63) is 62.2 Å². The number of benzene rings is 3. The summed E-state index contributed by atoms with van der Waals surface area (Å²) in [6, 6.07) is 12.9. The van der Waals surface area contributed by atoms with E-state index in [9.17, 15) is 10.1 Å². The lowest BCUT2D eigenvalue weighted by molar-refractivity contribution is -0.384. The van der Waals surface area contributed by atoms with Gasteiger partial charge in [0, 0.05) is 16.2 Å². The zero-order chi connectivity index (χ0) is 15.4. The molecule has 3 aromatic carbocycles. The quantitative estimate of drug-likeness (QED) is 0.253. The van der Waals surface area contributed by atoms with E-state index < -0.39 is 4.92 Å². The molecule has 0 atom stereocenters. The minimum absolute atomic E-state index is 0.0166. The topological polar surface area (TPSA) is 56.3 Å². The Hall–Kier alpha value is -2.15. The average Bonchev–Trinajstić information content (AvgIpc) is 2.85. The van der Waals surface area contributed by atoms with Crippen molar-refractivity contribution in [2.24, 2.45) is 0 Å². The van der Waals surface area contributed by atoms with Crippen molar-refractivity contribution in [3.63, 3.8) is 0 Å². The Balaban J connectivity index is 2.40. The Morgan fingerprint density at radius 3 is 2.62 bits per heavy atom. The first kappa shape index (κ1) is 11.5. The van der Waals surface area contributed by atoms with E-state index in [0.717, 1.165) is 16.2 Å². The van der Waals surface area contributed by atoms with Gasteiger partial charge in [0.2, 0.25) is 5.58 Å². The second-order valence-corrected chi connectivity index (χ2v) is 5.77. The molecule has 0 spiro atoms. The van der Waals surface area contributed by atoms with Gasteiger partial charge in [-0.25, -0.2) is 0 Å². The highest BCUT2D eigenvalue weighted by atomic mass is 127. The molecule has 4 nitrogen and oxygen atoms in total. The number of furan rings is 1. The van der Waals surface area contributed by atoms with Crippen LogP contribution in [0.15, 0.2) is 52.9 Å². The number of hydrogen-bond donors (Lipinski definition) is 0. The summed E-state index contributed by atoms with van der Waals surface area (Å²) < 4.78 is 14.1. The lowest BCUT2D eigenvalue weighted by atomic mass is 10.0. The predicted octanol–water partition coefficient (Wildman–Crippen LogP) is 5.25. The monoisotopic (exact) mass is 390 g/mol. The van der Waals surface area contributed by atoms with E-state index in [1.54, 1.807) is 18.2 Å². The standard InChI is InChI=1S/C16H8INO3/c17-14-10-6-2-1-5-9(10)13-11-7-3-4-8-12(11)21-16(13)15(14)18(19)20/h1-8H/i3D. The van der Waals surface area contributed by atoms with Crippen molar-refractivity contribution in [1.82, 2.24) is 0 Å². The second-order valence-electron chi connectivity index (χ2n) is 4.69. The maximum atomic E-state index is 11.5. The molecular weight excluding hydrogens is 381 g/mol. The van der Waals surface area contributed by atoms with Crippen LogP contribution in [0.2, 0.25) is 0 Å². The Morgan fingerprint density at radius 2 is 1.86 bits per heavy atom. The molecule has 0 aliphatic rings. The largest absolute Gasteiger partial charge is 0.449 e. The predicted molar refractivity (Wildman–Crippen MR) is 90.6 cm³/mol. The van der Waals surface area contributed by atoms with Crippen molar-refractivity contribution in [1.29, 1.82) is 0 Å². The average molecular weight is 390 g/mol. The smallest absolute Gasteiger partial charge is 0.326 e. The molecular formula is C16H8INO3. The number of nitro benzene ring substituents is 1.